The molecule has 1 fully saturated rings. The van der Waals surface area contributed by atoms with E-state index in [9.17, 15) is 23.3 Å². The molecule has 29 heavy (non-hydrogen) atoms. The van der Waals surface area contributed by atoms with Crippen molar-refractivity contribution in [3.05, 3.63) is 74.0 Å². The van der Waals surface area contributed by atoms with Crippen LogP contribution in [0.3, 0.4) is 0 Å². The molecule has 8 nitrogen and oxygen atoms in total. The average molecular weight is 470 g/mol. The number of hydrogen-bond donors (Lipinski definition) is 0. The Morgan fingerprint density at radius 3 is 2.69 bits per heavy atom. The summed E-state index contributed by atoms with van der Waals surface area (Å²) in [6.45, 7) is 3.63. The van der Waals surface area contributed by atoms with Crippen molar-refractivity contribution in [3.8, 4) is 0 Å². The minimum atomic E-state index is -4.06. The number of sulfonamides is 1. The maximum absolute atomic E-state index is 12.7. The van der Waals surface area contributed by atoms with E-state index in [1.807, 2.05) is 0 Å². The van der Waals surface area contributed by atoms with Gasteiger partial charge in [-0.2, -0.15) is 8.42 Å². The summed E-state index contributed by atoms with van der Waals surface area (Å²) in [5, 5.41) is 10.9. The Labute approximate surface area is 179 Å². The van der Waals surface area contributed by atoms with Crippen LogP contribution < -0.4 is 0 Å². The van der Waals surface area contributed by atoms with Crippen LogP contribution in [-0.2, 0) is 14.8 Å². The standard InChI is InChI=1S/C17H12ClN3O5S3/c1-2-8-20-16(22)13(10-11-4-3-5-12(9-11)21(23)24)27-17(20)19-29(25,26)15-7-6-14(18)28-15/h2-7,9-10H,1,8H2/b13-10-,19-17?. The van der Waals surface area contributed by atoms with Crippen molar-refractivity contribution in [2.24, 2.45) is 4.40 Å². The van der Waals surface area contributed by atoms with Gasteiger partial charge in [0, 0.05) is 18.7 Å². The summed E-state index contributed by atoms with van der Waals surface area (Å²) in [6, 6.07) is 8.54. The summed E-state index contributed by atoms with van der Waals surface area (Å²) in [6.07, 6.45) is 2.89. The van der Waals surface area contributed by atoms with E-state index < -0.39 is 20.9 Å². The Morgan fingerprint density at radius 1 is 1.31 bits per heavy atom. The second kappa shape index (κ2) is 8.49. The Balaban J connectivity index is 1.99. The van der Waals surface area contributed by atoms with Crippen molar-refractivity contribution < 1.29 is 18.1 Å². The monoisotopic (exact) mass is 469 g/mol. The van der Waals surface area contributed by atoms with E-state index >= 15 is 0 Å². The van der Waals surface area contributed by atoms with Crippen LogP contribution >= 0.6 is 34.7 Å². The van der Waals surface area contributed by atoms with Crippen LogP contribution in [0.1, 0.15) is 5.56 Å². The van der Waals surface area contributed by atoms with E-state index in [2.05, 4.69) is 11.0 Å². The fourth-order valence-electron chi connectivity index (χ4n) is 2.33. The number of carbonyl (C=O) groups excluding carboxylic acids is 1. The molecule has 0 unspecified atom stereocenters. The molecule has 150 valence electrons. The Hall–Kier alpha value is -2.47. The summed E-state index contributed by atoms with van der Waals surface area (Å²) in [4.78, 5) is 24.5. The minimum absolute atomic E-state index is 0.0314. The number of nitrogens with zero attached hydrogens (tertiary/aromatic N) is 3. The average Bonchev–Trinajstić information content (AvgIpc) is 3.22. The predicted octanol–water partition coefficient (Wildman–Crippen LogP) is 4.16. The van der Waals surface area contributed by atoms with Gasteiger partial charge >= 0.3 is 0 Å². The topological polar surface area (TPSA) is 110 Å². The highest BCUT2D eigenvalue weighted by Crippen LogP contribution is 2.35. The highest BCUT2D eigenvalue weighted by atomic mass is 35.5. The Morgan fingerprint density at radius 2 is 2.07 bits per heavy atom. The van der Waals surface area contributed by atoms with E-state index in [4.69, 9.17) is 11.6 Å². The van der Waals surface area contributed by atoms with Gasteiger partial charge in [-0.3, -0.25) is 19.8 Å². The molecule has 12 heteroatoms. The molecule has 1 aliphatic rings. The number of amidine groups is 1. The van der Waals surface area contributed by atoms with Crippen LogP contribution in [0.25, 0.3) is 6.08 Å². The fourth-order valence-corrected chi connectivity index (χ4v) is 5.98. The maximum Gasteiger partial charge on any atom is 0.294 e. The highest BCUT2D eigenvalue weighted by Gasteiger charge is 2.34. The lowest BCUT2D eigenvalue weighted by Gasteiger charge is -2.12. The third-order valence-corrected chi connectivity index (χ3v) is 7.67. The summed E-state index contributed by atoms with van der Waals surface area (Å²) >= 11 is 7.53. The van der Waals surface area contributed by atoms with Crippen molar-refractivity contribution in [2.45, 2.75) is 4.21 Å². The fraction of sp³-hybridized carbons (Fsp3) is 0.0588. The molecule has 0 bridgehead atoms. The van der Waals surface area contributed by atoms with E-state index in [0.29, 0.717) is 9.90 Å². The van der Waals surface area contributed by atoms with Crippen molar-refractivity contribution in [1.29, 1.82) is 0 Å². The maximum atomic E-state index is 12.7. The lowest BCUT2D eigenvalue weighted by atomic mass is 10.2. The van der Waals surface area contributed by atoms with E-state index in [1.54, 1.807) is 6.07 Å². The molecule has 0 saturated carbocycles. The van der Waals surface area contributed by atoms with Gasteiger partial charge in [-0.15, -0.1) is 22.3 Å². The summed E-state index contributed by atoms with van der Waals surface area (Å²) in [5.74, 6) is -0.473. The molecule has 1 aliphatic heterocycles. The smallest absolute Gasteiger partial charge is 0.282 e. The number of hydrogen-bond acceptors (Lipinski definition) is 7. The lowest BCUT2D eigenvalue weighted by Crippen LogP contribution is -2.29. The first-order valence-electron chi connectivity index (χ1n) is 7.88. The van der Waals surface area contributed by atoms with Gasteiger partial charge in [0.2, 0.25) is 0 Å². The number of carbonyl (C=O) groups is 1. The normalized spacial score (nSPS) is 17.3. The Kier molecular flexibility index (Phi) is 6.22. The molecular weight excluding hydrogens is 458 g/mol. The van der Waals surface area contributed by atoms with Gasteiger partial charge in [0.05, 0.1) is 14.2 Å². The van der Waals surface area contributed by atoms with Gasteiger partial charge < -0.3 is 0 Å². The largest absolute Gasteiger partial charge is 0.294 e. The molecule has 0 radical (unpaired) electrons. The minimum Gasteiger partial charge on any atom is -0.282 e. The highest BCUT2D eigenvalue weighted by molar-refractivity contribution is 8.19. The summed E-state index contributed by atoms with van der Waals surface area (Å²) in [7, 11) is -4.06. The van der Waals surface area contributed by atoms with Crippen molar-refractivity contribution >= 4 is 67.6 Å². The molecule has 0 atom stereocenters. The van der Waals surface area contributed by atoms with Gasteiger partial charge in [0.1, 0.15) is 4.21 Å². The van der Waals surface area contributed by atoms with Crippen molar-refractivity contribution in [1.82, 2.24) is 4.90 Å². The van der Waals surface area contributed by atoms with Crippen LogP contribution in [0.15, 0.2) is 62.6 Å². The zero-order valence-electron chi connectivity index (χ0n) is 14.5. The predicted molar refractivity (Wildman–Crippen MR) is 115 cm³/mol. The molecule has 2 aromatic rings. The van der Waals surface area contributed by atoms with Crippen molar-refractivity contribution in [3.63, 3.8) is 0 Å². The number of benzene rings is 1. The molecule has 1 aromatic heterocycles. The second-order valence-corrected chi connectivity index (χ2v) is 10.1. The zero-order valence-corrected chi connectivity index (χ0v) is 17.7. The van der Waals surface area contributed by atoms with Crippen LogP contribution in [-0.4, -0.2) is 35.9 Å². The SMILES string of the molecule is C=CCN1C(=O)/C(=C/c2cccc([N+](=O)[O-])c2)SC1=NS(=O)(=O)c1ccc(Cl)s1. The first kappa shape index (κ1) is 21.2. The molecular formula is C17H12ClN3O5S3. The molecule has 1 amide bonds. The van der Waals surface area contributed by atoms with E-state index in [0.717, 1.165) is 23.1 Å². The van der Waals surface area contributed by atoms with Gasteiger partial charge in [-0.1, -0.05) is 29.8 Å². The molecule has 1 saturated heterocycles. The number of non-ortho nitro benzene ring substituents is 1. The van der Waals surface area contributed by atoms with E-state index in [-0.39, 0.29) is 26.5 Å². The second-order valence-electron chi connectivity index (χ2n) is 5.57. The van der Waals surface area contributed by atoms with Crippen LogP contribution in [0.4, 0.5) is 5.69 Å². The van der Waals surface area contributed by atoms with Gasteiger partial charge in [0.25, 0.3) is 21.6 Å². The summed E-state index contributed by atoms with van der Waals surface area (Å²) in [5.41, 5.74) is 0.312. The van der Waals surface area contributed by atoms with Crippen LogP contribution in [0.2, 0.25) is 4.34 Å². The number of halogens is 1. The molecule has 1 aromatic carbocycles. The number of thioether (sulfide) groups is 1. The number of thiophene rings is 1. The van der Waals surface area contributed by atoms with Gasteiger partial charge in [-0.05, 0) is 35.5 Å². The van der Waals surface area contributed by atoms with Crippen molar-refractivity contribution in [2.75, 3.05) is 6.54 Å². The zero-order chi connectivity index (χ0) is 21.2. The first-order valence-corrected chi connectivity index (χ1v) is 11.3. The van der Waals surface area contributed by atoms with E-state index in [1.165, 1.54) is 47.4 Å². The van der Waals surface area contributed by atoms with Gasteiger partial charge in [-0.25, -0.2) is 0 Å². The lowest BCUT2D eigenvalue weighted by molar-refractivity contribution is -0.384. The quantitative estimate of drug-likeness (QED) is 0.272. The number of amides is 1. The molecule has 0 N–H and O–H groups in total. The van der Waals surface area contributed by atoms with Crippen LogP contribution in [0, 0.1) is 10.1 Å². The third kappa shape index (κ3) is 4.75. The molecule has 0 spiro atoms. The first-order chi connectivity index (χ1) is 13.7. The number of nitro groups is 1. The molecule has 0 aliphatic carbocycles. The number of rotatable bonds is 6. The molecule has 2 heterocycles. The van der Waals surface area contributed by atoms with Crippen LogP contribution in [0.5, 0.6) is 0 Å². The van der Waals surface area contributed by atoms with Gasteiger partial charge in [0.15, 0.2) is 5.17 Å². The Bertz CT molecular complexity index is 1170. The third-order valence-electron chi connectivity index (χ3n) is 3.58. The summed E-state index contributed by atoms with van der Waals surface area (Å²) < 4.78 is 29.1. The number of nitro benzene ring substituents is 1. The molecule has 3 rings (SSSR count).